The zero-order valence-electron chi connectivity index (χ0n) is 14.3. The van der Waals surface area contributed by atoms with Gasteiger partial charge in [0.2, 0.25) is 0 Å². The lowest BCUT2D eigenvalue weighted by atomic mass is 9.89. The number of nitrogens with zero attached hydrogens (tertiary/aromatic N) is 1. The number of hydrogen-bond donors (Lipinski definition) is 1. The average molecular weight is 350 g/mol. The minimum atomic E-state index is -1.47. The fourth-order valence-corrected chi connectivity index (χ4v) is 4.23. The van der Waals surface area contributed by atoms with Crippen LogP contribution in [0.2, 0.25) is 0 Å². The van der Waals surface area contributed by atoms with Crippen molar-refractivity contribution in [3.05, 3.63) is 71.9 Å². The van der Waals surface area contributed by atoms with E-state index in [0.717, 1.165) is 24.4 Å². The summed E-state index contributed by atoms with van der Waals surface area (Å²) in [5.41, 5.74) is 6.23. The van der Waals surface area contributed by atoms with E-state index in [1.54, 1.807) is 0 Å². The van der Waals surface area contributed by atoms with Crippen molar-refractivity contribution in [1.29, 1.82) is 0 Å². The van der Waals surface area contributed by atoms with Crippen molar-refractivity contribution >= 4 is 11.0 Å². The number of rotatable bonds is 3. The molecule has 0 saturated carbocycles. The molecule has 1 aliphatic rings. The maximum atomic E-state index is 11.7. The van der Waals surface area contributed by atoms with Crippen LogP contribution in [0, 0.1) is 5.92 Å². The number of benzene rings is 2. The zero-order chi connectivity index (χ0) is 17.4. The molecule has 1 heterocycles. The van der Waals surface area contributed by atoms with Crippen molar-refractivity contribution < 1.29 is 4.21 Å². The molecule has 0 saturated heterocycles. The molecular weight excluding hydrogens is 328 g/mol. The van der Waals surface area contributed by atoms with E-state index in [4.69, 9.17) is 5.14 Å². The van der Waals surface area contributed by atoms with E-state index in [9.17, 15) is 4.21 Å². The van der Waals surface area contributed by atoms with E-state index < -0.39 is 11.0 Å². The van der Waals surface area contributed by atoms with Gasteiger partial charge in [-0.3, -0.25) is 0 Å². The Kier molecular flexibility index (Phi) is 4.32. The van der Waals surface area contributed by atoms with Crippen LogP contribution in [0.1, 0.15) is 24.6 Å². The summed E-state index contributed by atoms with van der Waals surface area (Å²) in [4.78, 5) is 0.656. The second-order valence-corrected chi connectivity index (χ2v) is 7.91. The Hall–Kier alpha value is -2.17. The summed E-state index contributed by atoms with van der Waals surface area (Å²) in [6.45, 7) is 2.32. The first-order chi connectivity index (χ1) is 12.1. The van der Waals surface area contributed by atoms with E-state index in [1.807, 2.05) is 24.3 Å². The summed E-state index contributed by atoms with van der Waals surface area (Å²) in [5.74, 6) is 0.717. The van der Waals surface area contributed by atoms with Crippen LogP contribution >= 0.6 is 0 Å². The van der Waals surface area contributed by atoms with E-state index >= 15 is 0 Å². The van der Waals surface area contributed by atoms with Crippen LogP contribution in [0.15, 0.2) is 65.6 Å². The Morgan fingerprint density at radius 1 is 1.08 bits per heavy atom. The van der Waals surface area contributed by atoms with Crippen LogP contribution in [0.5, 0.6) is 0 Å². The van der Waals surface area contributed by atoms with Gasteiger partial charge in [-0.1, -0.05) is 43.3 Å². The molecule has 25 heavy (non-hydrogen) atoms. The van der Waals surface area contributed by atoms with Gasteiger partial charge >= 0.3 is 0 Å². The SMILES string of the molecule is CC1CCc2c(cc(-c3ccccc3)n2-c2cccc(S(N)=O)c2)C1. The summed E-state index contributed by atoms with van der Waals surface area (Å²) >= 11 is 0. The Morgan fingerprint density at radius 2 is 1.88 bits per heavy atom. The van der Waals surface area contributed by atoms with Gasteiger partial charge in [-0.25, -0.2) is 9.35 Å². The maximum absolute atomic E-state index is 11.7. The molecule has 2 unspecified atom stereocenters. The van der Waals surface area contributed by atoms with Gasteiger partial charge in [0, 0.05) is 11.4 Å². The second-order valence-electron chi connectivity index (χ2n) is 6.85. The molecule has 1 aromatic heterocycles. The van der Waals surface area contributed by atoms with Gasteiger partial charge in [-0.2, -0.15) is 0 Å². The van der Waals surface area contributed by atoms with Crippen molar-refractivity contribution in [1.82, 2.24) is 4.57 Å². The van der Waals surface area contributed by atoms with E-state index in [0.29, 0.717) is 4.90 Å². The number of fused-ring (bicyclic) bond motifs is 1. The Morgan fingerprint density at radius 3 is 2.64 bits per heavy atom. The minimum Gasteiger partial charge on any atom is -0.313 e. The highest BCUT2D eigenvalue weighted by Crippen LogP contribution is 2.35. The molecule has 0 spiro atoms. The van der Waals surface area contributed by atoms with Gasteiger partial charge < -0.3 is 4.57 Å². The summed E-state index contributed by atoms with van der Waals surface area (Å²) < 4.78 is 14.1. The first-order valence-corrected chi connectivity index (χ1v) is 9.90. The fourth-order valence-electron chi connectivity index (χ4n) is 3.78. The molecule has 0 radical (unpaired) electrons. The summed E-state index contributed by atoms with van der Waals surface area (Å²) in [5, 5.41) is 5.60. The Labute approximate surface area is 151 Å². The Bertz CT molecular complexity index is 930. The molecule has 4 heteroatoms. The molecule has 0 amide bonds. The number of nitrogens with two attached hydrogens (primary N) is 1. The first kappa shape index (κ1) is 16.3. The predicted molar refractivity (Wildman–Crippen MR) is 103 cm³/mol. The lowest BCUT2D eigenvalue weighted by Crippen LogP contribution is -2.13. The van der Waals surface area contributed by atoms with Gasteiger partial charge in [0.15, 0.2) is 0 Å². The van der Waals surface area contributed by atoms with Gasteiger partial charge in [0.25, 0.3) is 0 Å². The topological polar surface area (TPSA) is 48.0 Å². The smallest absolute Gasteiger partial charge is 0.122 e. The minimum absolute atomic E-state index is 0.656. The van der Waals surface area contributed by atoms with Crippen LogP contribution in [0.3, 0.4) is 0 Å². The second kappa shape index (κ2) is 6.62. The lowest BCUT2D eigenvalue weighted by Gasteiger charge is -2.21. The molecule has 3 nitrogen and oxygen atoms in total. The molecule has 1 aliphatic carbocycles. The molecule has 128 valence electrons. The monoisotopic (exact) mass is 350 g/mol. The highest BCUT2D eigenvalue weighted by atomic mass is 32.2. The van der Waals surface area contributed by atoms with Crippen molar-refractivity contribution in [2.75, 3.05) is 0 Å². The predicted octanol–water partition coefficient (Wildman–Crippen LogP) is 4.25. The van der Waals surface area contributed by atoms with Crippen LogP contribution < -0.4 is 5.14 Å². The molecule has 0 bridgehead atoms. The first-order valence-electron chi connectivity index (χ1n) is 8.69. The quantitative estimate of drug-likeness (QED) is 0.754. The largest absolute Gasteiger partial charge is 0.313 e. The molecular formula is C21H22N2OS. The van der Waals surface area contributed by atoms with E-state index in [1.165, 1.54) is 28.9 Å². The van der Waals surface area contributed by atoms with Crippen LogP contribution in [-0.4, -0.2) is 8.78 Å². The fraction of sp³-hybridized carbons (Fsp3) is 0.238. The van der Waals surface area contributed by atoms with Crippen LogP contribution in [0.4, 0.5) is 0 Å². The van der Waals surface area contributed by atoms with Gasteiger partial charge in [0.05, 0.1) is 10.6 Å². The van der Waals surface area contributed by atoms with Gasteiger partial charge in [-0.05, 0) is 60.6 Å². The Balaban J connectivity index is 1.94. The molecule has 0 fully saturated rings. The zero-order valence-corrected chi connectivity index (χ0v) is 15.1. The number of aromatic nitrogens is 1. The van der Waals surface area contributed by atoms with E-state index in [-0.39, 0.29) is 0 Å². The third-order valence-electron chi connectivity index (χ3n) is 5.01. The average Bonchev–Trinajstić information content (AvgIpc) is 3.01. The van der Waals surface area contributed by atoms with Crippen molar-refractivity contribution in [2.24, 2.45) is 11.1 Å². The molecule has 2 N–H and O–H groups in total. The highest BCUT2D eigenvalue weighted by Gasteiger charge is 2.23. The normalized spacial score (nSPS) is 17.9. The van der Waals surface area contributed by atoms with Crippen LogP contribution in [0.25, 0.3) is 16.9 Å². The number of hydrogen-bond acceptors (Lipinski definition) is 1. The third-order valence-corrected chi connectivity index (χ3v) is 5.73. The van der Waals surface area contributed by atoms with E-state index in [2.05, 4.69) is 47.9 Å². The van der Waals surface area contributed by atoms with Crippen molar-refractivity contribution in [3.8, 4) is 16.9 Å². The van der Waals surface area contributed by atoms with Crippen LogP contribution in [-0.2, 0) is 23.8 Å². The summed E-state index contributed by atoms with van der Waals surface area (Å²) in [7, 11) is -1.47. The molecule has 4 rings (SSSR count). The third kappa shape index (κ3) is 3.08. The maximum Gasteiger partial charge on any atom is 0.122 e. The van der Waals surface area contributed by atoms with Gasteiger partial charge in [0.1, 0.15) is 11.0 Å². The molecule has 3 aromatic rings. The summed E-state index contributed by atoms with van der Waals surface area (Å²) in [6.07, 6.45) is 3.39. The lowest BCUT2D eigenvalue weighted by molar-refractivity contribution is 0.494. The summed E-state index contributed by atoms with van der Waals surface area (Å²) in [6, 6.07) is 20.6. The van der Waals surface area contributed by atoms with Crippen molar-refractivity contribution in [3.63, 3.8) is 0 Å². The standard InChI is InChI=1S/C21H22N2OS/c1-15-10-11-20-17(12-15)13-21(16-6-3-2-4-7-16)23(20)18-8-5-9-19(14-18)25(22)24/h2-9,13-15H,10-12,22H2,1H3. The van der Waals surface area contributed by atoms with Gasteiger partial charge in [-0.15, -0.1) is 0 Å². The highest BCUT2D eigenvalue weighted by molar-refractivity contribution is 7.82. The molecule has 2 aromatic carbocycles. The molecule has 2 atom stereocenters. The molecule has 0 aliphatic heterocycles. The van der Waals surface area contributed by atoms with Crippen molar-refractivity contribution in [2.45, 2.75) is 31.1 Å².